The number of fused-ring (bicyclic) bond motifs is 1. The first kappa shape index (κ1) is 16.7. The van der Waals surface area contributed by atoms with Gasteiger partial charge in [0, 0.05) is 70.1 Å². The fourth-order valence-electron chi connectivity index (χ4n) is 4.87. The molecule has 0 aliphatic carbocycles. The minimum Gasteiger partial charge on any atom is -0.381 e. The summed E-state index contributed by atoms with van der Waals surface area (Å²) in [6.07, 6.45) is 2.46. The second-order valence-electron chi connectivity index (χ2n) is 8.59. The summed E-state index contributed by atoms with van der Waals surface area (Å²) < 4.78 is 5.55. The van der Waals surface area contributed by atoms with Crippen molar-refractivity contribution >= 4 is 0 Å². The van der Waals surface area contributed by atoms with E-state index < -0.39 is 0 Å². The molecule has 3 heterocycles. The van der Waals surface area contributed by atoms with Crippen molar-refractivity contribution < 1.29 is 4.74 Å². The van der Waals surface area contributed by atoms with Crippen molar-refractivity contribution in [1.29, 1.82) is 0 Å². The van der Waals surface area contributed by atoms with E-state index in [9.17, 15) is 0 Å². The normalized spacial score (nSPS) is 32.3. The topological polar surface area (TPSA) is 19.0 Å². The maximum atomic E-state index is 5.55. The highest BCUT2D eigenvalue weighted by Crippen LogP contribution is 2.30. The van der Waals surface area contributed by atoms with Gasteiger partial charge in [-0.1, -0.05) is 13.8 Å². The van der Waals surface area contributed by atoms with Crippen LogP contribution in [-0.2, 0) is 4.74 Å². The number of rotatable bonds is 3. The van der Waals surface area contributed by atoms with Crippen LogP contribution >= 0.6 is 0 Å². The number of ether oxygens (including phenoxy) is 1. The molecule has 0 radical (unpaired) electrons. The van der Waals surface area contributed by atoms with Crippen LogP contribution in [0.5, 0.6) is 0 Å². The van der Waals surface area contributed by atoms with E-state index in [1.54, 1.807) is 0 Å². The molecule has 3 aliphatic heterocycles. The molecule has 3 saturated heterocycles. The smallest absolute Gasteiger partial charge is 0.0480 e. The first-order valence-electron chi connectivity index (χ1n) is 9.26. The van der Waals surface area contributed by atoms with Gasteiger partial charge in [-0.15, -0.1) is 0 Å². The van der Waals surface area contributed by atoms with Crippen LogP contribution in [0.3, 0.4) is 0 Å². The van der Waals surface area contributed by atoms with Gasteiger partial charge in [-0.3, -0.25) is 14.7 Å². The van der Waals surface area contributed by atoms with Gasteiger partial charge in [0.25, 0.3) is 0 Å². The van der Waals surface area contributed by atoms with Gasteiger partial charge in [-0.05, 0) is 32.6 Å². The molecule has 4 nitrogen and oxygen atoms in total. The summed E-state index contributed by atoms with van der Waals surface area (Å²) in [5.74, 6) is 0.762. The summed E-state index contributed by atoms with van der Waals surface area (Å²) >= 11 is 0. The summed E-state index contributed by atoms with van der Waals surface area (Å²) in [6, 6.07) is 1.47. The van der Waals surface area contributed by atoms with Gasteiger partial charge >= 0.3 is 0 Å². The number of hydrogen-bond donors (Lipinski definition) is 0. The molecular weight excluding hydrogens is 274 g/mol. The Bertz CT molecular complexity index is 365. The SMILES string of the molecule is CC(C)CN1C[C@@H]2CN(C3CCOCC3)CCN2C(C)(C)C1. The van der Waals surface area contributed by atoms with Crippen LogP contribution < -0.4 is 0 Å². The largest absolute Gasteiger partial charge is 0.381 e. The van der Waals surface area contributed by atoms with Crippen molar-refractivity contribution in [3.63, 3.8) is 0 Å². The molecule has 0 amide bonds. The zero-order chi connectivity index (χ0) is 15.7. The van der Waals surface area contributed by atoms with Crippen LogP contribution in [0, 0.1) is 5.92 Å². The van der Waals surface area contributed by atoms with Gasteiger partial charge in [0.05, 0.1) is 0 Å². The third-order valence-corrected chi connectivity index (χ3v) is 5.70. The molecule has 22 heavy (non-hydrogen) atoms. The Morgan fingerprint density at radius 3 is 2.45 bits per heavy atom. The van der Waals surface area contributed by atoms with Crippen LogP contribution in [0.4, 0.5) is 0 Å². The van der Waals surface area contributed by atoms with Crippen molar-refractivity contribution in [3.8, 4) is 0 Å². The predicted octanol–water partition coefficient (Wildman–Crippen LogP) is 1.90. The Balaban J connectivity index is 1.64. The summed E-state index contributed by atoms with van der Waals surface area (Å²) in [5, 5.41) is 0. The molecule has 0 bridgehead atoms. The van der Waals surface area contributed by atoms with Gasteiger partial charge in [0.1, 0.15) is 0 Å². The maximum absolute atomic E-state index is 5.55. The molecule has 0 aromatic heterocycles. The lowest BCUT2D eigenvalue weighted by molar-refractivity contribution is -0.0833. The van der Waals surface area contributed by atoms with E-state index in [1.807, 2.05) is 0 Å². The number of piperazine rings is 2. The Morgan fingerprint density at radius 2 is 1.77 bits per heavy atom. The standard InChI is InChI=1S/C18H35N3O/c1-15(2)11-19-12-17-13-20(16-5-9-22-10-6-16)7-8-21(17)18(3,4)14-19/h15-17H,5-14H2,1-4H3/t17-/m1/s1. The molecular formula is C18H35N3O. The molecule has 3 aliphatic rings. The van der Waals surface area contributed by atoms with Gasteiger partial charge < -0.3 is 4.74 Å². The molecule has 128 valence electrons. The molecule has 0 spiro atoms. The predicted molar refractivity (Wildman–Crippen MR) is 91.3 cm³/mol. The fourth-order valence-corrected chi connectivity index (χ4v) is 4.87. The van der Waals surface area contributed by atoms with Crippen molar-refractivity contribution in [2.45, 2.75) is 58.2 Å². The molecule has 0 aromatic rings. The quantitative estimate of drug-likeness (QED) is 0.792. The van der Waals surface area contributed by atoms with Crippen LogP contribution in [0.25, 0.3) is 0 Å². The van der Waals surface area contributed by atoms with Crippen molar-refractivity contribution in [2.24, 2.45) is 5.92 Å². The van der Waals surface area contributed by atoms with E-state index >= 15 is 0 Å². The Labute approximate surface area is 136 Å². The lowest BCUT2D eigenvalue weighted by Gasteiger charge is -2.57. The third kappa shape index (κ3) is 3.66. The monoisotopic (exact) mass is 309 g/mol. The minimum absolute atomic E-state index is 0.319. The minimum atomic E-state index is 0.319. The van der Waals surface area contributed by atoms with Crippen LogP contribution in [-0.4, -0.2) is 84.8 Å². The summed E-state index contributed by atoms with van der Waals surface area (Å²) in [6.45, 7) is 18.9. The molecule has 0 saturated carbocycles. The van der Waals surface area contributed by atoms with Crippen molar-refractivity contribution in [1.82, 2.24) is 14.7 Å². The van der Waals surface area contributed by atoms with Gasteiger partial charge in [0.15, 0.2) is 0 Å². The van der Waals surface area contributed by atoms with Gasteiger partial charge in [-0.2, -0.15) is 0 Å². The Morgan fingerprint density at radius 1 is 1.05 bits per heavy atom. The zero-order valence-electron chi connectivity index (χ0n) is 15.1. The molecule has 1 atom stereocenters. The summed E-state index contributed by atoms with van der Waals surface area (Å²) in [5.41, 5.74) is 0.319. The van der Waals surface area contributed by atoms with Crippen LogP contribution in [0.15, 0.2) is 0 Å². The fraction of sp³-hybridized carbons (Fsp3) is 1.00. The summed E-state index contributed by atoms with van der Waals surface area (Å²) in [7, 11) is 0. The van der Waals surface area contributed by atoms with Crippen molar-refractivity contribution in [3.05, 3.63) is 0 Å². The first-order chi connectivity index (χ1) is 10.5. The first-order valence-corrected chi connectivity index (χ1v) is 9.26. The van der Waals surface area contributed by atoms with E-state index in [1.165, 1.54) is 52.1 Å². The Kier molecular flexibility index (Phi) is 5.13. The zero-order valence-corrected chi connectivity index (χ0v) is 15.1. The lowest BCUT2D eigenvalue weighted by Crippen LogP contribution is -2.70. The third-order valence-electron chi connectivity index (χ3n) is 5.70. The van der Waals surface area contributed by atoms with E-state index in [0.717, 1.165) is 25.2 Å². The highest BCUT2D eigenvalue weighted by Gasteiger charge is 2.43. The molecule has 3 rings (SSSR count). The average molecular weight is 309 g/mol. The van der Waals surface area contributed by atoms with Gasteiger partial charge in [0.2, 0.25) is 0 Å². The van der Waals surface area contributed by atoms with Crippen LogP contribution in [0.1, 0.15) is 40.5 Å². The van der Waals surface area contributed by atoms with Gasteiger partial charge in [-0.25, -0.2) is 0 Å². The maximum Gasteiger partial charge on any atom is 0.0480 e. The van der Waals surface area contributed by atoms with E-state index in [-0.39, 0.29) is 0 Å². The second kappa shape index (κ2) is 6.76. The van der Waals surface area contributed by atoms with E-state index in [2.05, 4.69) is 42.4 Å². The summed E-state index contributed by atoms with van der Waals surface area (Å²) in [4.78, 5) is 8.26. The molecule has 3 fully saturated rings. The molecule has 0 N–H and O–H groups in total. The highest BCUT2D eigenvalue weighted by atomic mass is 16.5. The lowest BCUT2D eigenvalue weighted by atomic mass is 9.91. The molecule has 4 heteroatoms. The molecule has 0 aromatic carbocycles. The number of hydrogen-bond acceptors (Lipinski definition) is 4. The van der Waals surface area contributed by atoms with E-state index in [0.29, 0.717) is 11.6 Å². The highest BCUT2D eigenvalue weighted by molar-refractivity contribution is 5.00. The second-order valence-corrected chi connectivity index (χ2v) is 8.59. The van der Waals surface area contributed by atoms with Crippen LogP contribution in [0.2, 0.25) is 0 Å². The average Bonchev–Trinajstić information content (AvgIpc) is 2.46. The van der Waals surface area contributed by atoms with E-state index in [4.69, 9.17) is 4.74 Å². The van der Waals surface area contributed by atoms with Crippen molar-refractivity contribution in [2.75, 3.05) is 52.5 Å². The number of nitrogens with zero attached hydrogens (tertiary/aromatic N) is 3. The Hall–Kier alpha value is -0.160. The molecule has 0 unspecified atom stereocenters.